The number of ether oxygens (including phenoxy) is 2. The fraction of sp³-hybridized carbons (Fsp3) is 0.947. The van der Waals surface area contributed by atoms with Crippen LogP contribution in [0.4, 0.5) is 0 Å². The molecule has 0 saturated carbocycles. The van der Waals surface area contributed by atoms with E-state index in [1.165, 1.54) is 0 Å². The number of nitrogens with zero attached hydrogens (tertiary/aromatic N) is 3. The molecule has 1 heterocycles. The highest BCUT2D eigenvalue weighted by Crippen LogP contribution is 2.04. The highest BCUT2D eigenvalue weighted by molar-refractivity contribution is 4.75. The van der Waals surface area contributed by atoms with Gasteiger partial charge in [-0.1, -0.05) is 13.8 Å². The molecule has 0 aromatic carbocycles. The third kappa shape index (κ3) is 12.0. The summed E-state index contributed by atoms with van der Waals surface area (Å²) in [7, 11) is 0. The largest absolute Gasteiger partial charge is 0.389 e. The Hall–Kier alpha value is -0.320. The molecule has 1 saturated heterocycles. The molecular weight excluding hydrogens is 350 g/mol. The van der Waals surface area contributed by atoms with Crippen LogP contribution in [-0.2, 0) is 9.47 Å². The molecule has 0 spiro atoms. The lowest BCUT2D eigenvalue weighted by atomic mass is 10.3. The third-order valence-electron chi connectivity index (χ3n) is 4.56. The van der Waals surface area contributed by atoms with Crippen LogP contribution < -0.4 is 0 Å². The average molecular weight is 391 g/mol. The van der Waals surface area contributed by atoms with Gasteiger partial charge in [0.05, 0.1) is 25.4 Å². The normalized spacial score (nSPS) is 20.8. The summed E-state index contributed by atoms with van der Waals surface area (Å²) in [5.41, 5.74) is 0. The quantitative estimate of drug-likeness (QED) is 0.378. The fourth-order valence-corrected chi connectivity index (χ4v) is 3.07. The average Bonchev–Trinajstić information content (AvgIpc) is 2.74. The van der Waals surface area contributed by atoms with E-state index in [2.05, 4.69) is 9.80 Å². The van der Waals surface area contributed by atoms with E-state index in [9.17, 15) is 15.3 Å². The number of β-amino-alcohol motifs (C(OH)–C–C–N with tert-alkyl or cyclic N) is 2. The molecule has 1 rings (SSSR count). The number of aliphatic hydroxyl groups excluding tert-OH is 3. The van der Waals surface area contributed by atoms with Gasteiger partial charge in [0.15, 0.2) is 0 Å². The number of hydrogen-bond acceptors (Lipinski definition) is 8. The molecule has 161 valence electrons. The smallest absolute Gasteiger partial charge is 0.147 e. The van der Waals surface area contributed by atoms with E-state index in [-0.39, 0.29) is 0 Å². The van der Waals surface area contributed by atoms with Crippen LogP contribution in [0.1, 0.15) is 26.7 Å². The molecule has 8 heteroatoms. The van der Waals surface area contributed by atoms with Crippen molar-refractivity contribution in [2.24, 2.45) is 0 Å². The predicted octanol–water partition coefficient (Wildman–Crippen LogP) is -0.0272. The maximum atomic E-state index is 10.2. The Morgan fingerprint density at radius 1 is 0.778 bits per heavy atom. The first kappa shape index (κ1) is 24.7. The van der Waals surface area contributed by atoms with Gasteiger partial charge in [-0.15, -0.1) is 0 Å². The lowest BCUT2D eigenvalue weighted by Gasteiger charge is -2.28. The lowest BCUT2D eigenvalue weighted by Crippen LogP contribution is -2.43. The third-order valence-corrected chi connectivity index (χ3v) is 4.56. The number of hydrogen-bond donors (Lipinski definition) is 3. The topological polar surface area (TPSA) is 88.9 Å². The molecule has 0 aromatic rings. The van der Waals surface area contributed by atoms with Gasteiger partial charge in [-0.25, -0.2) is 0 Å². The SMILES string of the molecule is CCCOCC(O)CN1CCN([CH]O)CCN(CC(O)COCCC)CC1. The van der Waals surface area contributed by atoms with Crippen LogP contribution in [0.2, 0.25) is 0 Å². The van der Waals surface area contributed by atoms with Gasteiger partial charge in [0.25, 0.3) is 0 Å². The summed E-state index contributed by atoms with van der Waals surface area (Å²) in [4.78, 5) is 6.24. The monoisotopic (exact) mass is 390 g/mol. The maximum Gasteiger partial charge on any atom is 0.147 e. The van der Waals surface area contributed by atoms with Gasteiger partial charge >= 0.3 is 0 Å². The molecule has 0 aliphatic carbocycles. The van der Waals surface area contributed by atoms with Crippen molar-refractivity contribution in [1.29, 1.82) is 0 Å². The van der Waals surface area contributed by atoms with Gasteiger partial charge in [-0.05, 0) is 12.8 Å². The molecule has 1 fully saturated rings. The van der Waals surface area contributed by atoms with Gasteiger partial charge in [-0.3, -0.25) is 14.7 Å². The van der Waals surface area contributed by atoms with E-state index in [4.69, 9.17) is 9.47 Å². The Morgan fingerprint density at radius 2 is 1.19 bits per heavy atom. The molecule has 8 nitrogen and oxygen atoms in total. The van der Waals surface area contributed by atoms with Gasteiger partial charge in [0, 0.05) is 65.6 Å². The molecule has 1 radical (unpaired) electrons. The first-order valence-corrected chi connectivity index (χ1v) is 10.3. The predicted molar refractivity (Wildman–Crippen MR) is 105 cm³/mol. The zero-order valence-corrected chi connectivity index (χ0v) is 17.1. The van der Waals surface area contributed by atoms with E-state index in [0.29, 0.717) is 52.6 Å². The van der Waals surface area contributed by atoms with Crippen molar-refractivity contribution in [3.05, 3.63) is 6.73 Å². The summed E-state index contributed by atoms with van der Waals surface area (Å²) in [6.45, 7) is 12.8. The summed E-state index contributed by atoms with van der Waals surface area (Å²) in [6, 6.07) is 0. The molecule has 1 aliphatic heterocycles. The molecular formula is C19H40N3O5. The standard InChI is InChI=1S/C19H40N3O5/c1-3-11-26-15-18(24)13-20-5-6-21(8-10-22(17-23)9-7-20)14-19(25)16-27-12-4-2/h17-19,23-25H,3-16H2,1-2H3. The van der Waals surface area contributed by atoms with E-state index < -0.39 is 12.2 Å². The maximum absolute atomic E-state index is 10.2. The van der Waals surface area contributed by atoms with E-state index in [0.717, 1.165) is 45.8 Å². The zero-order valence-electron chi connectivity index (χ0n) is 17.1. The summed E-state index contributed by atoms with van der Waals surface area (Å²) in [5, 5.41) is 29.9. The molecule has 0 amide bonds. The highest BCUT2D eigenvalue weighted by Gasteiger charge is 2.20. The minimum absolute atomic E-state index is 0.345. The zero-order chi connectivity index (χ0) is 19.9. The summed E-state index contributed by atoms with van der Waals surface area (Å²) >= 11 is 0. The van der Waals surface area contributed by atoms with E-state index in [1.807, 2.05) is 18.7 Å². The van der Waals surface area contributed by atoms with Crippen LogP contribution in [0.3, 0.4) is 0 Å². The Labute approximate surface area is 164 Å². The minimum atomic E-state index is -0.523. The Balaban J connectivity index is 2.50. The van der Waals surface area contributed by atoms with Gasteiger partial charge in [-0.2, -0.15) is 0 Å². The van der Waals surface area contributed by atoms with Crippen LogP contribution >= 0.6 is 0 Å². The lowest BCUT2D eigenvalue weighted by molar-refractivity contribution is 0.00877. The number of rotatable bonds is 13. The Kier molecular flexibility index (Phi) is 14.3. The first-order chi connectivity index (χ1) is 13.1. The van der Waals surface area contributed by atoms with Crippen molar-refractivity contribution < 1.29 is 24.8 Å². The van der Waals surface area contributed by atoms with Crippen LogP contribution in [0, 0.1) is 6.73 Å². The van der Waals surface area contributed by atoms with Crippen molar-refractivity contribution in [2.75, 3.05) is 78.8 Å². The molecule has 0 bridgehead atoms. The molecule has 2 atom stereocenters. The summed E-state index contributed by atoms with van der Waals surface area (Å²) in [5.74, 6) is 0. The summed E-state index contributed by atoms with van der Waals surface area (Å²) in [6.07, 6.45) is 0.837. The van der Waals surface area contributed by atoms with E-state index in [1.54, 1.807) is 0 Å². The van der Waals surface area contributed by atoms with Crippen LogP contribution in [-0.4, -0.2) is 121 Å². The minimum Gasteiger partial charge on any atom is -0.389 e. The van der Waals surface area contributed by atoms with Crippen LogP contribution in [0.15, 0.2) is 0 Å². The van der Waals surface area contributed by atoms with Crippen LogP contribution in [0.25, 0.3) is 0 Å². The van der Waals surface area contributed by atoms with Crippen molar-refractivity contribution in [3.63, 3.8) is 0 Å². The fourth-order valence-electron chi connectivity index (χ4n) is 3.07. The second-order valence-corrected chi connectivity index (χ2v) is 7.21. The second kappa shape index (κ2) is 15.6. The van der Waals surface area contributed by atoms with Crippen LogP contribution in [0.5, 0.6) is 0 Å². The second-order valence-electron chi connectivity index (χ2n) is 7.21. The molecule has 2 unspecified atom stereocenters. The molecule has 0 aromatic heterocycles. The Bertz CT molecular complexity index is 321. The van der Waals surface area contributed by atoms with Gasteiger partial charge in [0.1, 0.15) is 6.73 Å². The molecule has 27 heavy (non-hydrogen) atoms. The number of aliphatic hydroxyl groups is 3. The Morgan fingerprint density at radius 3 is 1.56 bits per heavy atom. The van der Waals surface area contributed by atoms with Crippen molar-refractivity contribution in [1.82, 2.24) is 14.7 Å². The van der Waals surface area contributed by atoms with E-state index >= 15 is 0 Å². The summed E-state index contributed by atoms with van der Waals surface area (Å²) < 4.78 is 10.9. The van der Waals surface area contributed by atoms with Crippen molar-refractivity contribution in [3.8, 4) is 0 Å². The molecule has 3 N–H and O–H groups in total. The van der Waals surface area contributed by atoms with Gasteiger partial charge < -0.3 is 24.8 Å². The first-order valence-electron chi connectivity index (χ1n) is 10.3. The van der Waals surface area contributed by atoms with Gasteiger partial charge in [0.2, 0.25) is 0 Å². The van der Waals surface area contributed by atoms with Crippen molar-refractivity contribution >= 4 is 0 Å². The highest BCUT2D eigenvalue weighted by atomic mass is 16.5. The molecule has 1 aliphatic rings. The van der Waals surface area contributed by atoms with Crippen molar-refractivity contribution in [2.45, 2.75) is 38.9 Å².